The molecule has 2 fully saturated rings. The minimum atomic E-state index is -0.188. The number of hydrogen-bond acceptors (Lipinski definition) is 9. The molecule has 41 heavy (non-hydrogen) atoms. The van der Waals surface area contributed by atoms with E-state index in [4.69, 9.17) is 10.1 Å². The first-order valence-corrected chi connectivity index (χ1v) is 14.8. The van der Waals surface area contributed by atoms with Gasteiger partial charge in [-0.25, -0.2) is 0 Å². The summed E-state index contributed by atoms with van der Waals surface area (Å²) >= 11 is 1.44. The number of nitriles is 1. The van der Waals surface area contributed by atoms with Gasteiger partial charge in [-0.05, 0) is 52.2 Å². The molecule has 2 atom stereocenters. The monoisotopic (exact) mass is 590 g/mol. The van der Waals surface area contributed by atoms with Crippen LogP contribution in [0.3, 0.4) is 0 Å². The van der Waals surface area contributed by atoms with E-state index < -0.39 is 0 Å². The molecule has 0 radical (unpaired) electrons. The van der Waals surface area contributed by atoms with Gasteiger partial charge in [0.2, 0.25) is 18.7 Å². The fourth-order valence-electron chi connectivity index (χ4n) is 3.99. The van der Waals surface area contributed by atoms with Crippen LogP contribution in [-0.2, 0) is 20.8 Å². The van der Waals surface area contributed by atoms with Crippen molar-refractivity contribution in [3.05, 3.63) is 40.9 Å². The lowest BCUT2D eigenvalue weighted by atomic mass is 10.1. The van der Waals surface area contributed by atoms with Crippen molar-refractivity contribution in [3.8, 4) is 6.07 Å². The third kappa shape index (κ3) is 16.1. The zero-order valence-electron chi connectivity index (χ0n) is 25.8. The molecule has 1 aromatic carbocycles. The number of nitrogens with one attached hydrogen (secondary N) is 2. The standard InChI is InChI=1S/C20H27N5OS.C6H14N2O.C2H6.CH3NO/c1-23-11-13-25(14-12-23)10-8-16-3-5-17(6-4-16)22-15-18-20(26)24(2)19(27-18)7-9-21;1-6(7-5-9)4-8(2)3;1-2;2-1-3/h3-7,18,22H,8,10-15H2,1-2H3;5-6H,4H2,1-3H3,(H,7,9);1-2H3;1H,(H2,2,3)/b19-7+;;;. The number of amides is 3. The fraction of sp³-hybridized carbons (Fsp3) is 0.586. The highest BCUT2D eigenvalue weighted by molar-refractivity contribution is 8.04. The smallest absolute Gasteiger partial charge is 0.242 e. The van der Waals surface area contributed by atoms with E-state index in [0.29, 0.717) is 11.6 Å². The molecule has 12 heteroatoms. The third-order valence-corrected chi connectivity index (χ3v) is 7.42. The van der Waals surface area contributed by atoms with E-state index in [1.807, 2.05) is 45.8 Å². The molecule has 0 spiro atoms. The van der Waals surface area contributed by atoms with Crippen molar-refractivity contribution in [2.75, 3.05) is 79.3 Å². The van der Waals surface area contributed by atoms with Crippen LogP contribution < -0.4 is 16.4 Å². The van der Waals surface area contributed by atoms with Gasteiger partial charge < -0.3 is 36.0 Å². The first kappa shape index (κ1) is 37.9. The number of piperazine rings is 1. The maximum absolute atomic E-state index is 12.2. The number of rotatable bonds is 10. The average Bonchev–Trinajstić information content (AvgIpc) is 3.22. The molecule has 2 aliphatic rings. The Morgan fingerprint density at radius 1 is 1.15 bits per heavy atom. The summed E-state index contributed by atoms with van der Waals surface area (Å²) in [6.07, 6.45) is 3.47. The van der Waals surface area contributed by atoms with Crippen LogP contribution in [0.2, 0.25) is 0 Å². The van der Waals surface area contributed by atoms with Crippen molar-refractivity contribution >= 4 is 36.2 Å². The number of carbonyl (C=O) groups excluding carboxylic acids is 3. The Morgan fingerprint density at radius 3 is 2.24 bits per heavy atom. The maximum atomic E-state index is 12.2. The molecular weight excluding hydrogens is 540 g/mol. The summed E-state index contributed by atoms with van der Waals surface area (Å²) in [5, 5.41) is 15.3. The second-order valence-corrected chi connectivity index (χ2v) is 10.9. The zero-order valence-corrected chi connectivity index (χ0v) is 26.6. The summed E-state index contributed by atoms with van der Waals surface area (Å²) in [5.41, 5.74) is 6.52. The normalized spacial score (nSPS) is 18.5. The van der Waals surface area contributed by atoms with Gasteiger partial charge in [0.1, 0.15) is 5.25 Å². The van der Waals surface area contributed by atoms with E-state index in [9.17, 15) is 9.59 Å². The Bertz CT molecular complexity index is 944. The van der Waals surface area contributed by atoms with Gasteiger partial charge in [-0.3, -0.25) is 14.4 Å². The van der Waals surface area contributed by atoms with Crippen LogP contribution in [0, 0.1) is 11.3 Å². The van der Waals surface area contributed by atoms with Crippen LogP contribution in [0.1, 0.15) is 26.3 Å². The third-order valence-electron chi connectivity index (χ3n) is 6.14. The van der Waals surface area contributed by atoms with Gasteiger partial charge in [-0.2, -0.15) is 5.26 Å². The summed E-state index contributed by atoms with van der Waals surface area (Å²) in [7, 11) is 7.85. The highest BCUT2D eigenvalue weighted by atomic mass is 32.2. The molecule has 1 aromatic rings. The van der Waals surface area contributed by atoms with Crippen molar-refractivity contribution in [3.63, 3.8) is 0 Å². The van der Waals surface area contributed by atoms with E-state index in [2.05, 4.69) is 57.5 Å². The van der Waals surface area contributed by atoms with Crippen molar-refractivity contribution in [2.45, 2.75) is 38.5 Å². The Kier molecular flexibility index (Phi) is 20.9. The number of allylic oxidation sites excluding steroid dienone is 1. The fourth-order valence-corrected chi connectivity index (χ4v) is 5.08. The van der Waals surface area contributed by atoms with Gasteiger partial charge in [-0.15, -0.1) is 0 Å². The predicted molar refractivity (Wildman–Crippen MR) is 169 cm³/mol. The van der Waals surface area contributed by atoms with Crippen molar-refractivity contribution in [2.24, 2.45) is 5.73 Å². The highest BCUT2D eigenvalue weighted by Gasteiger charge is 2.33. The number of likely N-dealkylation sites (N-methyl/N-ethyl adjacent to an activating group) is 2. The lowest BCUT2D eigenvalue weighted by molar-refractivity contribution is -0.126. The van der Waals surface area contributed by atoms with Gasteiger partial charge in [0.05, 0.1) is 11.1 Å². The molecule has 11 nitrogen and oxygen atoms in total. The first-order valence-electron chi connectivity index (χ1n) is 13.9. The minimum Gasteiger partial charge on any atom is -0.383 e. The van der Waals surface area contributed by atoms with Gasteiger partial charge in [0.15, 0.2) is 0 Å². The molecular formula is C29H50N8O3S. The lowest BCUT2D eigenvalue weighted by Gasteiger charge is -2.32. The highest BCUT2D eigenvalue weighted by Crippen LogP contribution is 2.33. The molecule has 0 aliphatic carbocycles. The maximum Gasteiger partial charge on any atom is 0.242 e. The van der Waals surface area contributed by atoms with E-state index in [1.165, 1.54) is 23.4 Å². The van der Waals surface area contributed by atoms with Crippen LogP contribution in [-0.4, -0.2) is 124 Å². The summed E-state index contributed by atoms with van der Waals surface area (Å²) in [5.74, 6) is 0.0396. The van der Waals surface area contributed by atoms with Crippen LogP contribution in [0.15, 0.2) is 35.4 Å². The molecule has 2 aliphatic heterocycles. The number of benzene rings is 1. The van der Waals surface area contributed by atoms with Crippen molar-refractivity contribution < 1.29 is 14.4 Å². The molecule has 0 saturated carbocycles. The average molecular weight is 591 g/mol. The summed E-state index contributed by atoms with van der Waals surface area (Å²) in [4.78, 5) is 39.2. The minimum absolute atomic E-state index is 0.0396. The number of thioether (sulfide) groups is 1. The molecule has 4 N–H and O–H groups in total. The molecule has 2 unspecified atom stereocenters. The van der Waals surface area contributed by atoms with Gasteiger partial charge in [0.25, 0.3) is 0 Å². The Labute approximate surface area is 251 Å². The predicted octanol–water partition coefficient (Wildman–Crippen LogP) is 1.64. The van der Waals surface area contributed by atoms with Crippen LogP contribution in [0.4, 0.5) is 5.69 Å². The summed E-state index contributed by atoms with van der Waals surface area (Å²) in [6.45, 7) is 13.1. The first-order chi connectivity index (χ1) is 19.6. The molecule has 230 valence electrons. The van der Waals surface area contributed by atoms with E-state index in [0.717, 1.165) is 57.8 Å². The number of anilines is 1. The molecule has 3 amide bonds. The molecule has 2 saturated heterocycles. The summed E-state index contributed by atoms with van der Waals surface area (Å²) in [6, 6.07) is 10.7. The number of primary amides is 1. The molecule has 3 rings (SSSR count). The number of nitrogens with two attached hydrogens (primary N) is 1. The number of hydrogen-bond donors (Lipinski definition) is 3. The SMILES string of the molecule is CC.CC(CN(C)C)NC=O.CN1CCN(CCc2ccc(NCC3S/C(=C/C#N)N(C)C3=O)cc2)CC1.NC=O. The molecule has 0 bridgehead atoms. The largest absolute Gasteiger partial charge is 0.383 e. The van der Waals surface area contributed by atoms with Crippen molar-refractivity contribution in [1.82, 2.24) is 24.9 Å². The van der Waals surface area contributed by atoms with E-state index in [-0.39, 0.29) is 23.6 Å². The van der Waals surface area contributed by atoms with Crippen LogP contribution in [0.5, 0.6) is 0 Å². The second-order valence-electron chi connectivity index (χ2n) is 9.67. The van der Waals surface area contributed by atoms with Gasteiger partial charge in [0, 0.05) is 70.7 Å². The van der Waals surface area contributed by atoms with Crippen molar-refractivity contribution in [1.29, 1.82) is 5.26 Å². The van der Waals surface area contributed by atoms with Gasteiger partial charge in [-0.1, -0.05) is 37.7 Å². The van der Waals surface area contributed by atoms with Gasteiger partial charge >= 0.3 is 0 Å². The number of nitrogens with zero attached hydrogens (tertiary/aromatic N) is 5. The second kappa shape index (κ2) is 22.6. The number of carbonyl (C=O) groups is 3. The summed E-state index contributed by atoms with van der Waals surface area (Å²) < 4.78 is 0. The zero-order chi connectivity index (χ0) is 31.2. The van der Waals surface area contributed by atoms with Crippen LogP contribution in [0.25, 0.3) is 0 Å². The Hall–Kier alpha value is -3.11. The molecule has 0 aromatic heterocycles. The quantitative estimate of drug-likeness (QED) is 0.274. The lowest BCUT2D eigenvalue weighted by Crippen LogP contribution is -2.45. The Balaban J connectivity index is 0.000000960. The molecule has 2 heterocycles. The van der Waals surface area contributed by atoms with E-state index in [1.54, 1.807) is 11.9 Å². The topological polar surface area (TPSA) is 138 Å². The van der Waals surface area contributed by atoms with E-state index >= 15 is 0 Å². The Morgan fingerprint density at radius 2 is 1.73 bits per heavy atom. The van der Waals surface area contributed by atoms with Crippen LogP contribution >= 0.6 is 11.8 Å².